The summed E-state index contributed by atoms with van der Waals surface area (Å²) in [6.45, 7) is 3.69. The van der Waals surface area contributed by atoms with Gasteiger partial charge in [0.05, 0.1) is 29.3 Å². The first-order valence-electron chi connectivity index (χ1n) is 8.98. The Morgan fingerprint density at radius 3 is 2.30 bits per heavy atom. The molecule has 1 fully saturated rings. The summed E-state index contributed by atoms with van der Waals surface area (Å²) in [6.07, 6.45) is 3.17. The number of fused-ring (bicyclic) bond motifs is 1. The van der Waals surface area contributed by atoms with Crippen LogP contribution in [0.5, 0.6) is 0 Å². The van der Waals surface area contributed by atoms with Crippen LogP contribution < -0.4 is 0 Å². The molecule has 4 heteroatoms. The highest BCUT2D eigenvalue weighted by Crippen LogP contribution is 2.80. The van der Waals surface area contributed by atoms with E-state index in [-0.39, 0.29) is 11.6 Å². The maximum absolute atomic E-state index is 13.4. The topological polar surface area (TPSA) is 60.4 Å². The lowest BCUT2D eigenvalue weighted by molar-refractivity contribution is -0.120. The second-order valence-corrected chi connectivity index (χ2v) is 7.46. The van der Waals surface area contributed by atoms with E-state index in [0.717, 1.165) is 5.57 Å². The number of allylic oxidation sites excluding steroid dienone is 2. The van der Waals surface area contributed by atoms with Crippen LogP contribution in [0.3, 0.4) is 0 Å². The molecule has 0 amide bonds. The van der Waals surface area contributed by atoms with Gasteiger partial charge in [-0.2, -0.15) is 0 Å². The van der Waals surface area contributed by atoms with Gasteiger partial charge in [-0.15, -0.1) is 0 Å². The van der Waals surface area contributed by atoms with Gasteiger partial charge < -0.3 is 8.83 Å². The number of Topliss-reactive ketones (excluding diaryl/α,β-unsaturated/α-hetero) is 2. The van der Waals surface area contributed by atoms with Crippen LogP contribution in [0.2, 0.25) is 0 Å². The van der Waals surface area contributed by atoms with Gasteiger partial charge in [0.2, 0.25) is 0 Å². The van der Waals surface area contributed by atoms with Crippen molar-refractivity contribution in [1.29, 1.82) is 0 Å². The van der Waals surface area contributed by atoms with Crippen molar-refractivity contribution >= 4 is 17.1 Å². The van der Waals surface area contributed by atoms with Crippen LogP contribution in [-0.2, 0) is 10.2 Å². The summed E-state index contributed by atoms with van der Waals surface area (Å²) in [5, 5.41) is 0. The van der Waals surface area contributed by atoms with Gasteiger partial charge >= 0.3 is 0 Å². The van der Waals surface area contributed by atoms with Gasteiger partial charge in [0.25, 0.3) is 0 Å². The number of carbonyl (C=O) groups is 2. The third kappa shape index (κ3) is 1.73. The van der Waals surface area contributed by atoms with E-state index in [1.807, 2.05) is 44.2 Å². The Hall–Kier alpha value is -3.14. The molecule has 3 aromatic rings. The van der Waals surface area contributed by atoms with Gasteiger partial charge in [0.15, 0.2) is 11.6 Å². The molecule has 0 radical (unpaired) electrons. The Bertz CT molecular complexity index is 1070. The molecule has 0 N–H and O–H groups in total. The van der Waals surface area contributed by atoms with Crippen molar-refractivity contribution in [2.24, 2.45) is 11.3 Å². The first-order chi connectivity index (χ1) is 13.0. The van der Waals surface area contributed by atoms with Crippen LogP contribution in [0.4, 0.5) is 0 Å². The zero-order valence-corrected chi connectivity index (χ0v) is 15.1. The van der Waals surface area contributed by atoms with Gasteiger partial charge in [-0.05, 0) is 31.2 Å². The highest BCUT2D eigenvalue weighted by Gasteiger charge is 2.86. The normalized spacial score (nSPS) is 29.1. The van der Waals surface area contributed by atoms with Crippen LogP contribution in [0.1, 0.15) is 35.7 Å². The molecule has 2 heterocycles. The summed E-state index contributed by atoms with van der Waals surface area (Å²) < 4.78 is 11.5. The van der Waals surface area contributed by atoms with Crippen molar-refractivity contribution < 1.29 is 18.4 Å². The summed E-state index contributed by atoms with van der Waals surface area (Å²) >= 11 is 0. The molecule has 2 aromatic heterocycles. The summed E-state index contributed by atoms with van der Waals surface area (Å²) in [5.41, 5.74) is 0.311. The Morgan fingerprint density at radius 1 is 0.963 bits per heavy atom. The van der Waals surface area contributed by atoms with E-state index in [2.05, 4.69) is 0 Å². The summed E-state index contributed by atoms with van der Waals surface area (Å²) in [6, 6.07) is 16.4. The zero-order valence-electron chi connectivity index (χ0n) is 15.1. The predicted molar refractivity (Wildman–Crippen MR) is 99.1 cm³/mol. The fourth-order valence-corrected chi connectivity index (χ4v) is 5.18. The molecule has 0 spiro atoms. The van der Waals surface area contributed by atoms with E-state index in [1.165, 1.54) is 0 Å². The van der Waals surface area contributed by atoms with Crippen molar-refractivity contribution in [1.82, 2.24) is 0 Å². The molecule has 1 saturated carbocycles. The van der Waals surface area contributed by atoms with Gasteiger partial charge in [0.1, 0.15) is 11.5 Å². The predicted octanol–water partition coefficient (Wildman–Crippen LogP) is 4.69. The number of furan rings is 2. The van der Waals surface area contributed by atoms with Crippen LogP contribution in [0.25, 0.3) is 5.57 Å². The highest BCUT2D eigenvalue weighted by molar-refractivity contribution is 6.24. The molecule has 0 saturated heterocycles. The molecule has 1 aromatic carbocycles. The fraction of sp³-hybridized carbons (Fsp3) is 0.217. The summed E-state index contributed by atoms with van der Waals surface area (Å²) in [7, 11) is 0. The smallest absolute Gasteiger partial charge is 0.168 e. The first-order valence-corrected chi connectivity index (χ1v) is 8.98. The minimum atomic E-state index is -0.871. The van der Waals surface area contributed by atoms with Crippen LogP contribution >= 0.6 is 0 Å². The fourth-order valence-electron chi connectivity index (χ4n) is 5.18. The summed E-state index contributed by atoms with van der Waals surface area (Å²) in [5.74, 6) is 0.675. The second kappa shape index (κ2) is 5.19. The first kappa shape index (κ1) is 16.1. The molecular formula is C23H18O4. The number of rotatable bonds is 4. The lowest BCUT2D eigenvalue weighted by Gasteiger charge is -2.17. The van der Waals surface area contributed by atoms with E-state index in [4.69, 9.17) is 8.83 Å². The third-order valence-electron chi connectivity index (χ3n) is 6.33. The molecular weight excluding hydrogens is 340 g/mol. The lowest BCUT2D eigenvalue weighted by atomic mass is 9.85. The molecule has 27 heavy (non-hydrogen) atoms. The maximum Gasteiger partial charge on any atom is 0.168 e. The van der Waals surface area contributed by atoms with E-state index in [9.17, 15) is 9.59 Å². The number of carbonyl (C=O) groups excluding carboxylic acids is 2. The van der Waals surface area contributed by atoms with Crippen molar-refractivity contribution in [3.05, 3.63) is 89.8 Å². The average molecular weight is 358 g/mol. The van der Waals surface area contributed by atoms with E-state index >= 15 is 0 Å². The minimum Gasteiger partial charge on any atom is -0.468 e. The molecule has 0 aliphatic heterocycles. The average Bonchev–Trinajstić information content (AvgIpc) is 3.23. The SMILES string of the molecule is CC1=C(c2ccco2)[C@]2(c3ccco3)[C@H](C(=O)c3ccccc3)[C@]2(C)C1=O. The number of ketones is 2. The van der Waals surface area contributed by atoms with Crippen molar-refractivity contribution in [3.63, 3.8) is 0 Å². The van der Waals surface area contributed by atoms with Crippen LogP contribution in [-0.4, -0.2) is 11.6 Å². The van der Waals surface area contributed by atoms with Crippen molar-refractivity contribution in [3.8, 4) is 0 Å². The maximum atomic E-state index is 13.4. The standard InChI is InChI=1S/C23H18O4/c1-14-18(16-10-6-12-26-16)23(17-11-7-13-27-17)20(22(23,2)21(14)25)19(24)15-8-4-3-5-9-15/h3-13,20H,1-2H3/t20-,22-,23-/m1/s1. The molecule has 134 valence electrons. The molecule has 3 atom stereocenters. The quantitative estimate of drug-likeness (QED) is 0.635. The molecule has 5 rings (SSSR count). The lowest BCUT2D eigenvalue weighted by Crippen LogP contribution is -2.18. The van der Waals surface area contributed by atoms with Gasteiger partial charge in [-0.1, -0.05) is 37.3 Å². The monoisotopic (exact) mass is 358 g/mol. The number of benzene rings is 1. The third-order valence-corrected chi connectivity index (χ3v) is 6.33. The van der Waals surface area contributed by atoms with E-state index in [0.29, 0.717) is 22.7 Å². The zero-order chi connectivity index (χ0) is 18.8. The Labute approximate surface area is 156 Å². The minimum absolute atomic E-state index is 0.0143. The van der Waals surface area contributed by atoms with Crippen LogP contribution in [0, 0.1) is 11.3 Å². The van der Waals surface area contributed by atoms with Gasteiger partial charge in [-0.3, -0.25) is 9.59 Å². The Morgan fingerprint density at radius 2 is 1.67 bits per heavy atom. The Balaban J connectivity index is 1.76. The number of hydrogen-bond acceptors (Lipinski definition) is 4. The van der Waals surface area contributed by atoms with Crippen molar-refractivity contribution in [2.75, 3.05) is 0 Å². The molecule has 0 bridgehead atoms. The van der Waals surface area contributed by atoms with Gasteiger partial charge in [-0.25, -0.2) is 0 Å². The van der Waals surface area contributed by atoms with Crippen LogP contribution in [0.15, 0.2) is 81.5 Å². The summed E-state index contributed by atoms with van der Waals surface area (Å²) in [4.78, 5) is 26.8. The molecule has 0 unspecified atom stereocenters. The number of hydrogen-bond donors (Lipinski definition) is 0. The molecule has 4 nitrogen and oxygen atoms in total. The highest BCUT2D eigenvalue weighted by atomic mass is 16.3. The molecule has 2 aliphatic carbocycles. The van der Waals surface area contributed by atoms with Crippen molar-refractivity contribution in [2.45, 2.75) is 19.3 Å². The second-order valence-electron chi connectivity index (χ2n) is 7.46. The Kier molecular flexibility index (Phi) is 3.09. The van der Waals surface area contributed by atoms with E-state index in [1.54, 1.807) is 36.8 Å². The van der Waals surface area contributed by atoms with E-state index < -0.39 is 16.7 Å². The van der Waals surface area contributed by atoms with Gasteiger partial charge in [0, 0.05) is 16.7 Å². The largest absolute Gasteiger partial charge is 0.468 e. The molecule has 2 aliphatic rings.